The highest BCUT2D eigenvalue weighted by Crippen LogP contribution is 2.15. The Labute approximate surface area is 83.4 Å². The summed E-state index contributed by atoms with van der Waals surface area (Å²) in [5.41, 5.74) is -0.681. The smallest absolute Gasteiger partial charge is 0.203 e. The van der Waals surface area contributed by atoms with Crippen LogP contribution in [0.2, 0.25) is 0 Å². The van der Waals surface area contributed by atoms with Gasteiger partial charge >= 0.3 is 0 Å². The number of aromatic nitrogens is 2. The van der Waals surface area contributed by atoms with Crippen LogP contribution in [0.15, 0.2) is 12.4 Å². The van der Waals surface area contributed by atoms with Crippen LogP contribution < -0.4 is 5.32 Å². The maximum atomic E-state index is 9.21. The van der Waals surface area contributed by atoms with E-state index in [4.69, 9.17) is 0 Å². The first kappa shape index (κ1) is 11.0. The molecule has 0 unspecified atom stereocenters. The summed E-state index contributed by atoms with van der Waals surface area (Å²) in [4.78, 5) is 4.07. The molecule has 0 radical (unpaired) electrons. The Morgan fingerprint density at radius 3 is 2.50 bits per heavy atom. The molecule has 0 fully saturated rings. The molecule has 1 rings (SSSR count). The van der Waals surface area contributed by atoms with Crippen molar-refractivity contribution in [1.82, 2.24) is 9.55 Å². The van der Waals surface area contributed by atoms with Gasteiger partial charge in [0.15, 0.2) is 0 Å². The molecule has 5 nitrogen and oxygen atoms in total. The Morgan fingerprint density at radius 2 is 2.14 bits per heavy atom. The number of aliphatic hydroxyl groups excluding tert-OH is 2. The lowest BCUT2D eigenvalue weighted by Crippen LogP contribution is -2.45. The van der Waals surface area contributed by atoms with Crippen LogP contribution in [0.4, 0.5) is 5.95 Å². The Morgan fingerprint density at radius 1 is 1.50 bits per heavy atom. The number of aliphatic hydroxyl groups is 2. The van der Waals surface area contributed by atoms with Crippen LogP contribution in [0.1, 0.15) is 13.3 Å². The first-order chi connectivity index (χ1) is 6.67. The molecule has 0 bridgehead atoms. The Bertz CT molecular complexity index is 273. The fourth-order valence-corrected chi connectivity index (χ4v) is 1.16. The van der Waals surface area contributed by atoms with E-state index in [1.54, 1.807) is 17.0 Å². The standard InChI is InChI=1S/C9H17N3O2/c1-3-9(6-13,7-14)11-8-10-4-5-12(8)2/h4-5,13-14H,3,6-7H2,1-2H3,(H,10,11). The van der Waals surface area contributed by atoms with Crippen LogP contribution in [0.25, 0.3) is 0 Å². The van der Waals surface area contributed by atoms with Gasteiger partial charge in [0.1, 0.15) is 0 Å². The zero-order valence-corrected chi connectivity index (χ0v) is 8.56. The maximum Gasteiger partial charge on any atom is 0.203 e. The van der Waals surface area contributed by atoms with Gasteiger partial charge in [-0.3, -0.25) is 0 Å². The number of nitrogens with zero attached hydrogens (tertiary/aromatic N) is 2. The van der Waals surface area contributed by atoms with Crippen LogP contribution >= 0.6 is 0 Å². The van der Waals surface area contributed by atoms with E-state index in [1.165, 1.54) is 0 Å². The lowest BCUT2D eigenvalue weighted by molar-refractivity contribution is 0.132. The lowest BCUT2D eigenvalue weighted by Gasteiger charge is -2.30. The second kappa shape index (κ2) is 4.43. The van der Waals surface area contributed by atoms with Crippen LogP contribution in [0.3, 0.4) is 0 Å². The summed E-state index contributed by atoms with van der Waals surface area (Å²) in [7, 11) is 1.85. The van der Waals surface area contributed by atoms with Gasteiger partial charge in [0.05, 0.1) is 18.8 Å². The largest absolute Gasteiger partial charge is 0.394 e. The minimum absolute atomic E-state index is 0.118. The molecule has 0 aliphatic carbocycles. The molecule has 0 aliphatic heterocycles. The second-order valence-electron chi connectivity index (χ2n) is 3.44. The number of aryl methyl sites for hydroxylation is 1. The average Bonchev–Trinajstić information content (AvgIpc) is 2.61. The minimum atomic E-state index is -0.681. The highest BCUT2D eigenvalue weighted by Gasteiger charge is 2.27. The molecule has 0 spiro atoms. The van der Waals surface area contributed by atoms with Gasteiger partial charge in [0.25, 0.3) is 0 Å². The van der Waals surface area contributed by atoms with Crippen LogP contribution in [0.5, 0.6) is 0 Å². The summed E-state index contributed by atoms with van der Waals surface area (Å²) in [5, 5.41) is 21.5. The minimum Gasteiger partial charge on any atom is -0.394 e. The quantitative estimate of drug-likeness (QED) is 0.622. The van der Waals surface area contributed by atoms with Crippen molar-refractivity contribution in [3.63, 3.8) is 0 Å². The van der Waals surface area contributed by atoms with Gasteiger partial charge < -0.3 is 20.1 Å². The van der Waals surface area contributed by atoms with Crippen molar-refractivity contribution in [2.45, 2.75) is 18.9 Å². The Hall–Kier alpha value is -1.07. The highest BCUT2D eigenvalue weighted by molar-refractivity contribution is 5.30. The monoisotopic (exact) mass is 199 g/mol. The summed E-state index contributed by atoms with van der Waals surface area (Å²) in [6, 6.07) is 0. The predicted octanol–water partition coefficient (Wildman–Crippen LogP) is -0.0346. The van der Waals surface area contributed by atoms with Gasteiger partial charge in [-0.25, -0.2) is 4.98 Å². The zero-order chi connectivity index (χ0) is 10.6. The van der Waals surface area contributed by atoms with Crippen molar-refractivity contribution in [3.8, 4) is 0 Å². The number of imidazole rings is 1. The molecule has 0 amide bonds. The molecule has 80 valence electrons. The average molecular weight is 199 g/mol. The van der Waals surface area contributed by atoms with Crippen molar-refractivity contribution >= 4 is 5.95 Å². The zero-order valence-electron chi connectivity index (χ0n) is 8.56. The first-order valence-electron chi connectivity index (χ1n) is 4.64. The molecule has 5 heteroatoms. The number of hydrogen-bond donors (Lipinski definition) is 3. The van der Waals surface area contributed by atoms with Crippen molar-refractivity contribution < 1.29 is 10.2 Å². The molecule has 1 heterocycles. The van der Waals surface area contributed by atoms with Gasteiger partial charge in [0.2, 0.25) is 5.95 Å². The summed E-state index contributed by atoms with van der Waals surface area (Å²) in [5.74, 6) is 0.648. The van der Waals surface area contributed by atoms with E-state index in [1.807, 2.05) is 14.0 Å². The lowest BCUT2D eigenvalue weighted by atomic mass is 9.99. The van der Waals surface area contributed by atoms with E-state index in [2.05, 4.69) is 10.3 Å². The van der Waals surface area contributed by atoms with Crippen molar-refractivity contribution in [3.05, 3.63) is 12.4 Å². The number of anilines is 1. The van der Waals surface area contributed by atoms with E-state index in [0.717, 1.165) is 0 Å². The van der Waals surface area contributed by atoms with Crippen molar-refractivity contribution in [2.24, 2.45) is 7.05 Å². The van der Waals surface area contributed by atoms with E-state index >= 15 is 0 Å². The van der Waals surface area contributed by atoms with Crippen LogP contribution in [0, 0.1) is 0 Å². The van der Waals surface area contributed by atoms with Gasteiger partial charge in [0, 0.05) is 19.4 Å². The van der Waals surface area contributed by atoms with Gasteiger partial charge in [-0.2, -0.15) is 0 Å². The summed E-state index contributed by atoms with van der Waals surface area (Å²) in [6.07, 6.45) is 4.10. The maximum absolute atomic E-state index is 9.21. The van der Waals surface area contributed by atoms with Crippen LogP contribution in [-0.2, 0) is 7.05 Å². The van der Waals surface area contributed by atoms with Gasteiger partial charge in [-0.05, 0) is 6.42 Å². The van der Waals surface area contributed by atoms with E-state index in [0.29, 0.717) is 12.4 Å². The van der Waals surface area contributed by atoms with Crippen molar-refractivity contribution in [1.29, 1.82) is 0 Å². The molecular formula is C9H17N3O2. The van der Waals surface area contributed by atoms with Crippen molar-refractivity contribution in [2.75, 3.05) is 18.5 Å². The topological polar surface area (TPSA) is 70.3 Å². The third kappa shape index (κ3) is 2.05. The number of rotatable bonds is 5. The normalized spacial score (nSPS) is 11.7. The molecule has 14 heavy (non-hydrogen) atoms. The Balaban J connectivity index is 2.79. The molecule has 3 N–H and O–H groups in total. The molecule has 0 saturated carbocycles. The first-order valence-corrected chi connectivity index (χ1v) is 4.64. The second-order valence-corrected chi connectivity index (χ2v) is 3.44. The summed E-state index contributed by atoms with van der Waals surface area (Å²) >= 11 is 0. The fourth-order valence-electron chi connectivity index (χ4n) is 1.16. The Kier molecular flexibility index (Phi) is 3.49. The molecular weight excluding hydrogens is 182 g/mol. The molecule has 0 atom stereocenters. The fraction of sp³-hybridized carbons (Fsp3) is 0.667. The van der Waals surface area contributed by atoms with E-state index in [9.17, 15) is 10.2 Å². The molecule has 1 aromatic heterocycles. The number of nitrogens with one attached hydrogen (secondary N) is 1. The SMILES string of the molecule is CCC(CO)(CO)Nc1nccn1C. The van der Waals surface area contributed by atoms with Gasteiger partial charge in [-0.15, -0.1) is 0 Å². The third-order valence-electron chi connectivity index (χ3n) is 2.48. The molecule has 1 aromatic rings. The third-order valence-corrected chi connectivity index (χ3v) is 2.48. The number of hydrogen-bond acceptors (Lipinski definition) is 4. The molecule has 0 aliphatic rings. The molecule has 0 aromatic carbocycles. The summed E-state index contributed by atoms with van der Waals surface area (Å²) < 4.78 is 1.80. The van der Waals surface area contributed by atoms with Crippen LogP contribution in [-0.4, -0.2) is 38.5 Å². The predicted molar refractivity (Wildman–Crippen MR) is 54.0 cm³/mol. The summed E-state index contributed by atoms with van der Waals surface area (Å²) in [6.45, 7) is 1.67. The van der Waals surface area contributed by atoms with E-state index in [-0.39, 0.29) is 13.2 Å². The van der Waals surface area contributed by atoms with E-state index < -0.39 is 5.54 Å². The highest BCUT2D eigenvalue weighted by atomic mass is 16.3. The van der Waals surface area contributed by atoms with Gasteiger partial charge in [-0.1, -0.05) is 6.92 Å². The molecule has 0 saturated heterocycles.